The molecule has 0 aromatic carbocycles. The minimum atomic E-state index is 0. The second-order valence-corrected chi connectivity index (χ2v) is 3.53. The van der Waals surface area contributed by atoms with Gasteiger partial charge in [-0.3, -0.25) is 4.79 Å². The van der Waals surface area contributed by atoms with Crippen LogP contribution in [-0.2, 0) is 11.3 Å². The first-order valence-corrected chi connectivity index (χ1v) is 4.94. The van der Waals surface area contributed by atoms with Crippen LogP contribution >= 0.6 is 12.4 Å². The first-order chi connectivity index (χ1) is 7.13. The Morgan fingerprint density at radius 1 is 1.62 bits per heavy atom. The van der Waals surface area contributed by atoms with Crippen molar-refractivity contribution in [1.29, 1.82) is 0 Å². The van der Waals surface area contributed by atoms with Crippen molar-refractivity contribution in [1.82, 2.24) is 15.4 Å². The maximum Gasteiger partial charge on any atom is 0.223 e. The number of amides is 1. The molecule has 0 fully saturated rings. The fourth-order valence-corrected chi connectivity index (χ4v) is 1.25. The average Bonchev–Trinajstić information content (AvgIpc) is 2.60. The Morgan fingerprint density at radius 2 is 2.31 bits per heavy atom. The number of hydrogen-bond acceptors (Lipinski definition) is 4. The third kappa shape index (κ3) is 4.63. The summed E-state index contributed by atoms with van der Waals surface area (Å²) >= 11 is 0. The number of nitrogens with one attached hydrogen (secondary N) is 1. The van der Waals surface area contributed by atoms with Gasteiger partial charge in [0, 0.05) is 26.1 Å². The lowest BCUT2D eigenvalue weighted by molar-refractivity contribution is -0.130. The van der Waals surface area contributed by atoms with E-state index in [-0.39, 0.29) is 18.3 Å². The van der Waals surface area contributed by atoms with Gasteiger partial charge in [-0.1, -0.05) is 5.16 Å². The van der Waals surface area contributed by atoms with Gasteiger partial charge in [-0.2, -0.15) is 0 Å². The zero-order chi connectivity index (χ0) is 11.3. The van der Waals surface area contributed by atoms with Gasteiger partial charge >= 0.3 is 0 Å². The summed E-state index contributed by atoms with van der Waals surface area (Å²) in [6, 6.07) is 1.84. The van der Waals surface area contributed by atoms with E-state index >= 15 is 0 Å². The van der Waals surface area contributed by atoms with Gasteiger partial charge in [-0.15, -0.1) is 12.4 Å². The van der Waals surface area contributed by atoms with E-state index in [1.807, 2.05) is 20.0 Å². The molecular formula is C10H18ClN3O2. The highest BCUT2D eigenvalue weighted by Crippen LogP contribution is 2.05. The molecule has 0 saturated heterocycles. The molecule has 6 heteroatoms. The molecule has 0 bridgehead atoms. The van der Waals surface area contributed by atoms with Gasteiger partial charge < -0.3 is 14.7 Å². The number of carbonyl (C=O) groups excluding carboxylic acids is 1. The van der Waals surface area contributed by atoms with Crippen LogP contribution < -0.4 is 5.32 Å². The normalized spacial score (nSPS) is 9.69. The van der Waals surface area contributed by atoms with Crippen LogP contribution in [0.2, 0.25) is 0 Å². The maximum atomic E-state index is 11.5. The van der Waals surface area contributed by atoms with E-state index in [9.17, 15) is 4.79 Å². The molecule has 1 N–H and O–H groups in total. The third-order valence-electron chi connectivity index (χ3n) is 2.09. The SMILES string of the molecule is CNCCC(=O)N(C)Cc1cc(C)on1.Cl. The van der Waals surface area contributed by atoms with Crippen LogP contribution in [0.5, 0.6) is 0 Å². The molecule has 1 heterocycles. The summed E-state index contributed by atoms with van der Waals surface area (Å²) in [7, 11) is 3.59. The number of nitrogens with zero attached hydrogens (tertiary/aromatic N) is 2. The molecule has 0 aliphatic heterocycles. The molecule has 5 nitrogen and oxygen atoms in total. The Bertz CT molecular complexity index is 328. The summed E-state index contributed by atoms with van der Waals surface area (Å²) in [6.07, 6.45) is 0.504. The van der Waals surface area contributed by atoms with Crippen molar-refractivity contribution in [3.05, 3.63) is 17.5 Å². The van der Waals surface area contributed by atoms with Gasteiger partial charge in [-0.25, -0.2) is 0 Å². The highest BCUT2D eigenvalue weighted by atomic mass is 35.5. The molecule has 1 aromatic heterocycles. The summed E-state index contributed by atoms with van der Waals surface area (Å²) in [5, 5.41) is 6.77. The van der Waals surface area contributed by atoms with E-state index in [2.05, 4.69) is 10.5 Å². The molecule has 0 aliphatic rings. The number of aromatic nitrogens is 1. The second-order valence-electron chi connectivity index (χ2n) is 3.53. The zero-order valence-electron chi connectivity index (χ0n) is 9.82. The largest absolute Gasteiger partial charge is 0.361 e. The van der Waals surface area contributed by atoms with Crippen molar-refractivity contribution in [3.8, 4) is 0 Å². The van der Waals surface area contributed by atoms with Gasteiger partial charge in [0.15, 0.2) is 0 Å². The molecule has 0 radical (unpaired) electrons. The van der Waals surface area contributed by atoms with E-state index < -0.39 is 0 Å². The lowest BCUT2D eigenvalue weighted by atomic mass is 10.3. The molecule has 16 heavy (non-hydrogen) atoms. The molecule has 1 rings (SSSR count). The number of hydrogen-bond donors (Lipinski definition) is 1. The summed E-state index contributed by atoms with van der Waals surface area (Å²) in [5.74, 6) is 0.867. The highest BCUT2D eigenvalue weighted by Gasteiger charge is 2.10. The Morgan fingerprint density at radius 3 is 2.81 bits per heavy atom. The van der Waals surface area contributed by atoms with Crippen LogP contribution in [0.4, 0.5) is 0 Å². The van der Waals surface area contributed by atoms with Gasteiger partial charge in [0.1, 0.15) is 11.5 Å². The predicted octanol–water partition coefficient (Wildman–Crippen LogP) is 0.973. The molecule has 0 aliphatic carbocycles. The van der Waals surface area contributed by atoms with Crippen LogP contribution in [0, 0.1) is 6.92 Å². The number of halogens is 1. The van der Waals surface area contributed by atoms with Crippen molar-refractivity contribution in [2.75, 3.05) is 20.6 Å². The van der Waals surface area contributed by atoms with E-state index in [4.69, 9.17) is 4.52 Å². The van der Waals surface area contributed by atoms with Crippen LogP contribution in [0.1, 0.15) is 17.9 Å². The highest BCUT2D eigenvalue weighted by molar-refractivity contribution is 5.85. The Hall–Kier alpha value is -1.07. The van der Waals surface area contributed by atoms with Crippen LogP contribution in [0.3, 0.4) is 0 Å². The fourth-order valence-electron chi connectivity index (χ4n) is 1.25. The third-order valence-corrected chi connectivity index (χ3v) is 2.09. The number of carbonyl (C=O) groups is 1. The zero-order valence-corrected chi connectivity index (χ0v) is 10.6. The average molecular weight is 248 g/mol. The fraction of sp³-hybridized carbons (Fsp3) is 0.600. The molecule has 1 aromatic rings. The minimum Gasteiger partial charge on any atom is -0.361 e. The lowest BCUT2D eigenvalue weighted by Crippen LogP contribution is -2.28. The van der Waals surface area contributed by atoms with E-state index in [1.165, 1.54) is 0 Å². The van der Waals surface area contributed by atoms with Gasteiger partial charge in [0.05, 0.1) is 6.54 Å². The summed E-state index contributed by atoms with van der Waals surface area (Å²) in [4.78, 5) is 13.2. The molecular weight excluding hydrogens is 230 g/mol. The molecule has 1 amide bonds. The van der Waals surface area contributed by atoms with Crippen LogP contribution in [0.25, 0.3) is 0 Å². The standard InChI is InChI=1S/C10H17N3O2.ClH/c1-8-6-9(12-15-8)7-13(3)10(14)4-5-11-2;/h6,11H,4-5,7H2,1-3H3;1H. The Labute approximate surface area is 102 Å². The van der Waals surface area contributed by atoms with Crippen molar-refractivity contribution in [2.45, 2.75) is 19.9 Å². The molecule has 0 saturated carbocycles. The van der Waals surface area contributed by atoms with Gasteiger partial charge in [0.2, 0.25) is 5.91 Å². The quantitative estimate of drug-likeness (QED) is 0.843. The minimum absolute atomic E-state index is 0. The van der Waals surface area contributed by atoms with Crippen molar-refractivity contribution in [3.63, 3.8) is 0 Å². The smallest absolute Gasteiger partial charge is 0.223 e. The van der Waals surface area contributed by atoms with Crippen molar-refractivity contribution in [2.24, 2.45) is 0 Å². The molecule has 0 atom stereocenters. The van der Waals surface area contributed by atoms with E-state index in [0.29, 0.717) is 19.5 Å². The number of rotatable bonds is 5. The maximum absolute atomic E-state index is 11.5. The monoisotopic (exact) mass is 247 g/mol. The van der Waals surface area contributed by atoms with E-state index in [0.717, 1.165) is 11.5 Å². The lowest BCUT2D eigenvalue weighted by Gasteiger charge is -2.15. The number of aryl methyl sites for hydroxylation is 1. The molecule has 0 unspecified atom stereocenters. The summed E-state index contributed by atoms with van der Waals surface area (Å²) in [5.41, 5.74) is 0.785. The predicted molar refractivity (Wildman–Crippen MR) is 63.5 cm³/mol. The molecule has 92 valence electrons. The second kappa shape index (κ2) is 7.24. The van der Waals surface area contributed by atoms with E-state index in [1.54, 1.807) is 11.9 Å². The van der Waals surface area contributed by atoms with Crippen LogP contribution in [0.15, 0.2) is 10.6 Å². The van der Waals surface area contributed by atoms with Crippen molar-refractivity contribution >= 4 is 18.3 Å². The topological polar surface area (TPSA) is 58.4 Å². The summed E-state index contributed by atoms with van der Waals surface area (Å²) < 4.78 is 4.93. The first kappa shape index (κ1) is 14.9. The first-order valence-electron chi connectivity index (χ1n) is 4.94. The molecule has 0 spiro atoms. The van der Waals surface area contributed by atoms with Gasteiger partial charge in [-0.05, 0) is 14.0 Å². The van der Waals surface area contributed by atoms with Crippen molar-refractivity contribution < 1.29 is 9.32 Å². The Balaban J connectivity index is 0.00000225. The van der Waals surface area contributed by atoms with Crippen LogP contribution in [-0.4, -0.2) is 36.6 Å². The Kier molecular flexibility index (Phi) is 6.76. The van der Waals surface area contributed by atoms with Gasteiger partial charge in [0.25, 0.3) is 0 Å². The summed E-state index contributed by atoms with van der Waals surface area (Å²) in [6.45, 7) is 3.03.